The van der Waals surface area contributed by atoms with E-state index in [1.54, 1.807) is 0 Å². The van der Waals surface area contributed by atoms with E-state index in [2.05, 4.69) is 18.3 Å². The molecule has 1 atom stereocenters. The van der Waals surface area contributed by atoms with Crippen molar-refractivity contribution in [1.82, 2.24) is 5.32 Å². The number of hydrogen-bond acceptors (Lipinski definition) is 3. The lowest BCUT2D eigenvalue weighted by Gasteiger charge is -2.55. The molecule has 0 saturated heterocycles. The van der Waals surface area contributed by atoms with Crippen LogP contribution in [0.25, 0.3) is 0 Å². The number of hydrogen-bond donors (Lipinski definition) is 1. The van der Waals surface area contributed by atoms with Crippen LogP contribution in [0, 0.1) is 23.2 Å². The number of rotatable bonds is 4. The monoisotopic (exact) mass is 341 g/mol. The Morgan fingerprint density at radius 3 is 2.44 bits per heavy atom. The fourth-order valence-corrected chi connectivity index (χ4v) is 6.24. The first-order valence-corrected chi connectivity index (χ1v) is 9.79. The fraction of sp³-hybridized carbons (Fsp3) is 0.667. The molecule has 6 rings (SSSR count). The average molecular weight is 341 g/mol. The molecule has 1 aromatic carbocycles. The number of nitrogens with one attached hydrogen (secondary N) is 1. The van der Waals surface area contributed by atoms with Crippen molar-refractivity contribution in [3.63, 3.8) is 0 Å². The van der Waals surface area contributed by atoms with Crippen LogP contribution in [0.4, 0.5) is 0 Å². The standard InChI is InChI=1S/C21H27NO3/c1-13(4-14-2-3-18-19(8-14)25-12-24-18)22-20(23)21-9-15-5-16(10-21)7-17(6-15)11-21/h2-3,8,13,15-17H,4-7,9-12H2,1H3,(H,22,23). The Balaban J connectivity index is 1.25. The smallest absolute Gasteiger partial charge is 0.231 e. The van der Waals surface area contributed by atoms with Crippen LogP contribution < -0.4 is 14.8 Å². The summed E-state index contributed by atoms with van der Waals surface area (Å²) in [7, 11) is 0. The van der Waals surface area contributed by atoms with Gasteiger partial charge in [-0.25, -0.2) is 0 Å². The van der Waals surface area contributed by atoms with E-state index < -0.39 is 0 Å². The van der Waals surface area contributed by atoms with Crippen molar-refractivity contribution in [1.29, 1.82) is 0 Å². The van der Waals surface area contributed by atoms with Crippen molar-refractivity contribution in [3.8, 4) is 11.5 Å². The van der Waals surface area contributed by atoms with Gasteiger partial charge in [-0.05, 0) is 87.3 Å². The van der Waals surface area contributed by atoms with E-state index in [4.69, 9.17) is 9.47 Å². The molecule has 4 aliphatic carbocycles. The van der Waals surface area contributed by atoms with Crippen LogP contribution in [0.2, 0.25) is 0 Å². The van der Waals surface area contributed by atoms with Gasteiger partial charge in [0.2, 0.25) is 12.7 Å². The number of ether oxygens (including phenoxy) is 2. The van der Waals surface area contributed by atoms with Gasteiger partial charge in [0.25, 0.3) is 0 Å². The maximum atomic E-state index is 13.1. The van der Waals surface area contributed by atoms with Crippen molar-refractivity contribution in [2.75, 3.05) is 6.79 Å². The molecular weight excluding hydrogens is 314 g/mol. The van der Waals surface area contributed by atoms with Gasteiger partial charge in [0.05, 0.1) is 0 Å². The summed E-state index contributed by atoms with van der Waals surface area (Å²) < 4.78 is 10.8. The predicted octanol–water partition coefficient (Wildman–Crippen LogP) is 3.68. The predicted molar refractivity (Wildman–Crippen MR) is 94.5 cm³/mol. The third kappa shape index (κ3) is 2.70. The highest BCUT2D eigenvalue weighted by Crippen LogP contribution is 2.60. The highest BCUT2D eigenvalue weighted by atomic mass is 16.7. The number of amides is 1. The van der Waals surface area contributed by atoms with Gasteiger partial charge < -0.3 is 14.8 Å². The largest absolute Gasteiger partial charge is 0.454 e. The summed E-state index contributed by atoms with van der Waals surface area (Å²) in [6, 6.07) is 6.21. The molecule has 4 bridgehead atoms. The van der Waals surface area contributed by atoms with Crippen LogP contribution in [-0.4, -0.2) is 18.7 Å². The van der Waals surface area contributed by atoms with Crippen LogP contribution in [0.3, 0.4) is 0 Å². The second kappa shape index (κ2) is 5.65. The number of carbonyl (C=O) groups is 1. The first-order chi connectivity index (χ1) is 12.1. The molecule has 1 heterocycles. The molecule has 1 amide bonds. The lowest BCUT2D eigenvalue weighted by Crippen LogP contribution is -2.55. The summed E-state index contributed by atoms with van der Waals surface area (Å²) in [5.41, 5.74) is 1.13. The van der Waals surface area contributed by atoms with Crippen LogP contribution in [0.5, 0.6) is 11.5 Å². The molecule has 25 heavy (non-hydrogen) atoms. The second-order valence-corrected chi connectivity index (χ2v) is 8.96. The maximum absolute atomic E-state index is 13.1. The van der Waals surface area contributed by atoms with Gasteiger partial charge in [0.1, 0.15) is 0 Å². The third-order valence-electron chi connectivity index (χ3n) is 6.88. The zero-order valence-electron chi connectivity index (χ0n) is 14.9. The fourth-order valence-electron chi connectivity index (χ4n) is 6.24. The molecule has 0 spiro atoms. The molecule has 5 aliphatic rings. The van der Waals surface area contributed by atoms with E-state index in [0.717, 1.165) is 54.9 Å². The Morgan fingerprint density at radius 1 is 1.12 bits per heavy atom. The van der Waals surface area contributed by atoms with Crippen molar-refractivity contribution in [3.05, 3.63) is 23.8 Å². The summed E-state index contributed by atoms with van der Waals surface area (Å²) in [5, 5.41) is 3.34. The summed E-state index contributed by atoms with van der Waals surface area (Å²) in [6.45, 7) is 2.42. The van der Waals surface area contributed by atoms with Crippen LogP contribution in [0.1, 0.15) is 51.0 Å². The topological polar surface area (TPSA) is 47.6 Å². The molecule has 4 heteroatoms. The van der Waals surface area contributed by atoms with Crippen molar-refractivity contribution in [2.45, 2.75) is 57.9 Å². The van der Waals surface area contributed by atoms with E-state index in [9.17, 15) is 4.79 Å². The summed E-state index contributed by atoms with van der Waals surface area (Å²) in [4.78, 5) is 13.1. The Bertz CT molecular complexity index is 663. The average Bonchev–Trinajstić information content (AvgIpc) is 3.01. The Kier molecular flexibility index (Phi) is 3.51. The van der Waals surface area contributed by atoms with E-state index in [1.165, 1.54) is 24.8 Å². The first-order valence-electron chi connectivity index (χ1n) is 9.79. The zero-order chi connectivity index (χ0) is 17.0. The molecule has 1 N–H and O–H groups in total. The maximum Gasteiger partial charge on any atom is 0.231 e. The Labute approximate surface area is 149 Å². The van der Waals surface area contributed by atoms with Gasteiger partial charge in [0.15, 0.2) is 11.5 Å². The molecule has 0 radical (unpaired) electrons. The van der Waals surface area contributed by atoms with E-state index in [0.29, 0.717) is 12.7 Å². The third-order valence-corrected chi connectivity index (χ3v) is 6.88. The molecule has 1 aliphatic heterocycles. The minimum absolute atomic E-state index is 0.0576. The number of benzene rings is 1. The van der Waals surface area contributed by atoms with Crippen molar-refractivity contribution in [2.24, 2.45) is 23.2 Å². The van der Waals surface area contributed by atoms with E-state index >= 15 is 0 Å². The van der Waals surface area contributed by atoms with Gasteiger partial charge in [-0.1, -0.05) is 6.07 Å². The molecule has 4 nitrogen and oxygen atoms in total. The number of carbonyl (C=O) groups excluding carboxylic acids is 1. The highest BCUT2D eigenvalue weighted by Gasteiger charge is 2.54. The summed E-state index contributed by atoms with van der Waals surface area (Å²) >= 11 is 0. The lowest BCUT2D eigenvalue weighted by molar-refractivity contribution is -0.146. The number of fused-ring (bicyclic) bond motifs is 1. The quantitative estimate of drug-likeness (QED) is 0.909. The van der Waals surface area contributed by atoms with Crippen LogP contribution in [0.15, 0.2) is 18.2 Å². The molecule has 4 fully saturated rings. The zero-order valence-corrected chi connectivity index (χ0v) is 14.9. The molecule has 134 valence electrons. The SMILES string of the molecule is CC(Cc1ccc2c(c1)OCO2)NC(=O)C12CC3CC(CC(C3)C1)C2. The van der Waals surface area contributed by atoms with E-state index in [1.807, 2.05) is 12.1 Å². The summed E-state index contributed by atoms with van der Waals surface area (Å²) in [5.74, 6) is 4.37. The summed E-state index contributed by atoms with van der Waals surface area (Å²) in [6.07, 6.45) is 8.33. The first kappa shape index (κ1) is 15.5. The highest BCUT2D eigenvalue weighted by molar-refractivity contribution is 5.83. The van der Waals surface area contributed by atoms with E-state index in [-0.39, 0.29) is 11.5 Å². The van der Waals surface area contributed by atoms with Gasteiger partial charge in [-0.3, -0.25) is 4.79 Å². The Hall–Kier alpha value is -1.71. The molecule has 4 saturated carbocycles. The normalized spacial score (nSPS) is 35.6. The Morgan fingerprint density at radius 2 is 1.76 bits per heavy atom. The molecule has 0 aromatic heterocycles. The van der Waals surface area contributed by atoms with Crippen LogP contribution in [-0.2, 0) is 11.2 Å². The van der Waals surface area contributed by atoms with Gasteiger partial charge >= 0.3 is 0 Å². The molecular formula is C21H27NO3. The minimum Gasteiger partial charge on any atom is -0.454 e. The van der Waals surface area contributed by atoms with Gasteiger partial charge in [0, 0.05) is 11.5 Å². The van der Waals surface area contributed by atoms with Gasteiger partial charge in [-0.15, -0.1) is 0 Å². The van der Waals surface area contributed by atoms with Gasteiger partial charge in [-0.2, -0.15) is 0 Å². The minimum atomic E-state index is -0.0576. The second-order valence-electron chi connectivity index (χ2n) is 8.96. The molecule has 1 unspecified atom stereocenters. The van der Waals surface area contributed by atoms with Crippen molar-refractivity contribution < 1.29 is 14.3 Å². The lowest BCUT2D eigenvalue weighted by atomic mass is 9.49. The van der Waals surface area contributed by atoms with Crippen LogP contribution >= 0.6 is 0 Å². The molecule has 1 aromatic rings. The van der Waals surface area contributed by atoms with Crippen molar-refractivity contribution >= 4 is 5.91 Å².